The number of hydrogen-bond acceptors (Lipinski definition) is 8. The van der Waals surface area contributed by atoms with Gasteiger partial charge >= 0.3 is 0 Å². The number of thioether (sulfide) groups is 1. The summed E-state index contributed by atoms with van der Waals surface area (Å²) in [4.78, 5) is 41.2. The maximum Gasteiger partial charge on any atom is 0.281 e. The molecule has 0 bridgehead atoms. The standard InChI is InChI=1S/C20H14N4O4S2/c21-23-19(26)15-10-17(13-4-2-1-3-5-13)30-18(15)22-20(23)29-11-16(25)12-6-8-14(9-7-12)24(27)28/h1-10H,11,21H2. The maximum absolute atomic E-state index is 12.7. The van der Waals surface area contributed by atoms with Crippen LogP contribution in [-0.2, 0) is 0 Å². The molecule has 0 spiro atoms. The summed E-state index contributed by atoms with van der Waals surface area (Å²) in [6.45, 7) is 0. The summed E-state index contributed by atoms with van der Waals surface area (Å²) in [7, 11) is 0. The number of fused-ring (bicyclic) bond motifs is 1. The van der Waals surface area contributed by atoms with E-state index in [-0.39, 0.29) is 27.9 Å². The Bertz CT molecular complexity index is 1310. The van der Waals surface area contributed by atoms with Crippen LogP contribution in [-0.4, -0.2) is 26.1 Å². The van der Waals surface area contributed by atoms with Gasteiger partial charge in [-0.25, -0.2) is 9.66 Å². The topological polar surface area (TPSA) is 121 Å². The van der Waals surface area contributed by atoms with Crippen molar-refractivity contribution in [3.8, 4) is 10.4 Å². The molecule has 0 aliphatic carbocycles. The van der Waals surface area contributed by atoms with Crippen molar-refractivity contribution in [1.29, 1.82) is 0 Å². The van der Waals surface area contributed by atoms with Gasteiger partial charge < -0.3 is 5.84 Å². The first-order valence-electron chi connectivity index (χ1n) is 8.71. The third kappa shape index (κ3) is 3.82. The molecule has 8 nitrogen and oxygen atoms in total. The van der Waals surface area contributed by atoms with Crippen molar-refractivity contribution in [2.45, 2.75) is 5.16 Å². The van der Waals surface area contributed by atoms with Gasteiger partial charge in [-0.05, 0) is 23.8 Å². The van der Waals surface area contributed by atoms with Gasteiger partial charge in [-0.3, -0.25) is 19.7 Å². The van der Waals surface area contributed by atoms with Crippen LogP contribution in [0.25, 0.3) is 20.7 Å². The number of hydrogen-bond donors (Lipinski definition) is 1. The molecule has 150 valence electrons. The van der Waals surface area contributed by atoms with Gasteiger partial charge in [0.05, 0.1) is 16.1 Å². The van der Waals surface area contributed by atoms with Gasteiger partial charge in [-0.1, -0.05) is 42.1 Å². The van der Waals surface area contributed by atoms with Crippen LogP contribution in [0.3, 0.4) is 0 Å². The highest BCUT2D eigenvalue weighted by molar-refractivity contribution is 7.99. The zero-order valence-corrected chi connectivity index (χ0v) is 17.0. The summed E-state index contributed by atoms with van der Waals surface area (Å²) in [5, 5.41) is 11.4. The number of carbonyl (C=O) groups is 1. The Kier molecular flexibility index (Phi) is 5.34. The average Bonchev–Trinajstić information content (AvgIpc) is 3.20. The molecule has 2 aromatic carbocycles. The maximum atomic E-state index is 12.7. The molecular weight excluding hydrogens is 424 g/mol. The molecule has 30 heavy (non-hydrogen) atoms. The van der Waals surface area contributed by atoms with E-state index in [0.29, 0.717) is 15.8 Å². The quantitative estimate of drug-likeness (QED) is 0.122. The summed E-state index contributed by atoms with van der Waals surface area (Å²) in [6, 6.07) is 16.8. The zero-order chi connectivity index (χ0) is 21.3. The summed E-state index contributed by atoms with van der Waals surface area (Å²) in [5.41, 5.74) is 0.839. The second-order valence-electron chi connectivity index (χ2n) is 6.28. The van der Waals surface area contributed by atoms with Crippen LogP contribution >= 0.6 is 23.1 Å². The van der Waals surface area contributed by atoms with Crippen LogP contribution in [0, 0.1) is 10.1 Å². The van der Waals surface area contributed by atoms with Gasteiger partial charge in [0, 0.05) is 22.6 Å². The lowest BCUT2D eigenvalue weighted by atomic mass is 10.1. The Hall–Kier alpha value is -3.50. The van der Waals surface area contributed by atoms with Gasteiger partial charge in [0.15, 0.2) is 10.9 Å². The first-order valence-corrected chi connectivity index (χ1v) is 10.5. The summed E-state index contributed by atoms with van der Waals surface area (Å²) in [6.07, 6.45) is 0. The zero-order valence-electron chi connectivity index (χ0n) is 15.3. The Balaban J connectivity index is 1.58. The molecule has 0 unspecified atom stereocenters. The lowest BCUT2D eigenvalue weighted by Crippen LogP contribution is -2.29. The SMILES string of the molecule is Nn1c(SCC(=O)c2ccc([N+](=O)[O-])cc2)nc2sc(-c3ccccc3)cc2c1=O. The fourth-order valence-electron chi connectivity index (χ4n) is 2.80. The molecule has 0 fully saturated rings. The summed E-state index contributed by atoms with van der Waals surface area (Å²) in [5.74, 6) is 5.65. The fourth-order valence-corrected chi connectivity index (χ4v) is 4.69. The van der Waals surface area contributed by atoms with E-state index in [0.717, 1.165) is 26.9 Å². The van der Waals surface area contributed by atoms with Crippen LogP contribution in [0.2, 0.25) is 0 Å². The molecular formula is C20H14N4O4S2. The van der Waals surface area contributed by atoms with E-state index in [1.54, 1.807) is 6.07 Å². The lowest BCUT2D eigenvalue weighted by molar-refractivity contribution is -0.384. The van der Waals surface area contributed by atoms with Gasteiger partial charge in [-0.15, -0.1) is 11.3 Å². The van der Waals surface area contributed by atoms with E-state index in [1.807, 2.05) is 30.3 Å². The van der Waals surface area contributed by atoms with E-state index in [9.17, 15) is 19.7 Å². The number of nitrogens with two attached hydrogens (primary N) is 1. The Labute approximate surface area is 178 Å². The molecule has 4 rings (SSSR count). The summed E-state index contributed by atoms with van der Waals surface area (Å²) >= 11 is 2.42. The van der Waals surface area contributed by atoms with Crippen molar-refractivity contribution in [2.24, 2.45) is 0 Å². The van der Waals surface area contributed by atoms with Crippen molar-refractivity contribution in [3.05, 3.63) is 86.7 Å². The molecule has 2 heterocycles. The van der Waals surface area contributed by atoms with Gasteiger partial charge in [0.1, 0.15) is 4.83 Å². The van der Waals surface area contributed by atoms with Crippen molar-refractivity contribution < 1.29 is 9.72 Å². The number of aromatic nitrogens is 2. The van der Waals surface area contributed by atoms with Gasteiger partial charge in [-0.2, -0.15) is 0 Å². The van der Waals surface area contributed by atoms with Crippen LogP contribution < -0.4 is 11.4 Å². The Morgan fingerprint density at radius 3 is 2.53 bits per heavy atom. The van der Waals surface area contributed by atoms with E-state index < -0.39 is 4.92 Å². The number of thiophene rings is 1. The molecule has 10 heteroatoms. The Morgan fingerprint density at radius 2 is 1.87 bits per heavy atom. The number of nitrogens with zero attached hydrogens (tertiary/aromatic N) is 3. The summed E-state index contributed by atoms with van der Waals surface area (Å²) < 4.78 is 0.942. The first kappa shape index (κ1) is 19.8. The van der Waals surface area contributed by atoms with Crippen molar-refractivity contribution in [2.75, 3.05) is 11.6 Å². The van der Waals surface area contributed by atoms with E-state index in [2.05, 4.69) is 4.98 Å². The molecule has 0 saturated carbocycles. The number of nitro benzene ring substituents is 1. The molecule has 0 saturated heterocycles. The van der Waals surface area contributed by atoms with E-state index >= 15 is 0 Å². The van der Waals surface area contributed by atoms with Crippen molar-refractivity contribution >= 4 is 44.8 Å². The molecule has 0 radical (unpaired) electrons. The Morgan fingerprint density at radius 1 is 1.17 bits per heavy atom. The predicted octanol–water partition coefficient (Wildman–Crippen LogP) is 3.72. The smallest absolute Gasteiger partial charge is 0.281 e. The van der Waals surface area contributed by atoms with Crippen molar-refractivity contribution in [3.63, 3.8) is 0 Å². The minimum atomic E-state index is -0.528. The molecule has 0 amide bonds. The number of Topliss-reactive ketones (excluding diaryl/α,β-unsaturated/α-hetero) is 1. The van der Waals surface area contributed by atoms with Crippen molar-refractivity contribution in [1.82, 2.24) is 9.66 Å². The minimum absolute atomic E-state index is 0.0100. The molecule has 0 aliphatic heterocycles. The highest BCUT2D eigenvalue weighted by Crippen LogP contribution is 2.31. The highest BCUT2D eigenvalue weighted by atomic mass is 32.2. The average molecular weight is 438 g/mol. The monoisotopic (exact) mass is 438 g/mol. The first-order chi connectivity index (χ1) is 14.4. The molecule has 4 aromatic rings. The fraction of sp³-hybridized carbons (Fsp3) is 0.0500. The number of carbonyl (C=O) groups excluding carboxylic acids is 1. The minimum Gasteiger partial charge on any atom is -0.334 e. The van der Waals surface area contributed by atoms with Gasteiger partial charge in [0.25, 0.3) is 11.2 Å². The normalized spacial score (nSPS) is 10.9. The van der Waals surface area contributed by atoms with E-state index in [1.165, 1.54) is 35.6 Å². The molecule has 0 aliphatic rings. The van der Waals surface area contributed by atoms with E-state index in [4.69, 9.17) is 5.84 Å². The van der Waals surface area contributed by atoms with Crippen LogP contribution in [0.4, 0.5) is 5.69 Å². The second-order valence-corrected chi connectivity index (χ2v) is 8.25. The molecule has 0 atom stereocenters. The number of benzene rings is 2. The number of nitro groups is 1. The highest BCUT2D eigenvalue weighted by Gasteiger charge is 2.16. The number of non-ortho nitro benzene ring substituents is 1. The number of nitrogen functional groups attached to an aromatic ring is 1. The molecule has 2 aromatic heterocycles. The van der Waals surface area contributed by atoms with Gasteiger partial charge in [0.2, 0.25) is 0 Å². The van der Waals surface area contributed by atoms with Crippen LogP contribution in [0.5, 0.6) is 0 Å². The lowest BCUT2D eigenvalue weighted by Gasteiger charge is -2.06. The third-order valence-corrected chi connectivity index (χ3v) is 6.39. The number of ketones is 1. The number of rotatable bonds is 6. The molecule has 2 N–H and O–H groups in total. The van der Waals surface area contributed by atoms with Crippen LogP contribution in [0.15, 0.2) is 70.6 Å². The second kappa shape index (κ2) is 8.09. The predicted molar refractivity (Wildman–Crippen MR) is 118 cm³/mol. The van der Waals surface area contributed by atoms with Crippen LogP contribution in [0.1, 0.15) is 10.4 Å². The third-order valence-electron chi connectivity index (χ3n) is 4.36. The largest absolute Gasteiger partial charge is 0.334 e.